The van der Waals surface area contributed by atoms with Crippen molar-refractivity contribution in [1.82, 2.24) is 5.32 Å². The minimum Gasteiger partial charge on any atom is -0.444 e. The van der Waals surface area contributed by atoms with Gasteiger partial charge in [0.25, 0.3) is 0 Å². The molecule has 3 N–H and O–H groups in total. The molecule has 0 heterocycles. The summed E-state index contributed by atoms with van der Waals surface area (Å²) >= 11 is 0. The Balaban J connectivity index is 2.35. The quantitative estimate of drug-likeness (QED) is 0.721. The fraction of sp³-hybridized carbons (Fsp3) is 0.917. The van der Waals surface area contributed by atoms with Crippen LogP contribution in [0.4, 0.5) is 4.79 Å². The zero-order valence-corrected chi connectivity index (χ0v) is 10.7. The van der Waals surface area contributed by atoms with Crippen molar-refractivity contribution in [3.05, 3.63) is 0 Å². The molecule has 1 fully saturated rings. The average molecular weight is 228 g/mol. The Bertz CT molecular complexity index is 248. The van der Waals surface area contributed by atoms with Gasteiger partial charge in [-0.1, -0.05) is 6.92 Å². The second-order valence-corrected chi connectivity index (χ2v) is 5.80. The zero-order chi connectivity index (χ0) is 12.3. The molecular weight excluding hydrogens is 204 g/mol. The summed E-state index contributed by atoms with van der Waals surface area (Å²) in [6.45, 7) is 7.73. The van der Waals surface area contributed by atoms with Crippen molar-refractivity contribution in [2.45, 2.75) is 64.6 Å². The van der Waals surface area contributed by atoms with Crippen molar-refractivity contribution >= 4 is 6.09 Å². The second kappa shape index (κ2) is 5.04. The van der Waals surface area contributed by atoms with E-state index in [1.165, 1.54) is 0 Å². The molecule has 1 rings (SSSR count). The number of carbonyl (C=O) groups is 1. The van der Waals surface area contributed by atoms with Crippen molar-refractivity contribution < 1.29 is 9.53 Å². The van der Waals surface area contributed by atoms with E-state index in [9.17, 15) is 4.79 Å². The van der Waals surface area contributed by atoms with Crippen molar-refractivity contribution in [1.29, 1.82) is 0 Å². The fourth-order valence-corrected chi connectivity index (χ4v) is 2.02. The fourth-order valence-electron chi connectivity index (χ4n) is 2.02. The molecule has 1 amide bonds. The van der Waals surface area contributed by atoms with Gasteiger partial charge in [0.15, 0.2) is 0 Å². The molecule has 1 saturated carbocycles. The summed E-state index contributed by atoms with van der Waals surface area (Å²) in [4.78, 5) is 11.6. The van der Waals surface area contributed by atoms with Crippen LogP contribution in [0, 0.1) is 5.92 Å². The Morgan fingerprint density at radius 1 is 1.38 bits per heavy atom. The van der Waals surface area contributed by atoms with Crippen LogP contribution in [0.3, 0.4) is 0 Å². The lowest BCUT2D eigenvalue weighted by Crippen LogP contribution is -2.45. The van der Waals surface area contributed by atoms with Gasteiger partial charge in [0.2, 0.25) is 0 Å². The number of ether oxygens (including phenoxy) is 1. The summed E-state index contributed by atoms with van der Waals surface area (Å²) in [6, 6.07) is 0.487. The smallest absolute Gasteiger partial charge is 0.407 e. The summed E-state index contributed by atoms with van der Waals surface area (Å²) < 4.78 is 5.22. The maximum Gasteiger partial charge on any atom is 0.407 e. The van der Waals surface area contributed by atoms with E-state index < -0.39 is 5.60 Å². The van der Waals surface area contributed by atoms with E-state index in [1.54, 1.807) is 0 Å². The van der Waals surface area contributed by atoms with Gasteiger partial charge in [-0.3, -0.25) is 0 Å². The third-order valence-corrected chi connectivity index (χ3v) is 2.96. The van der Waals surface area contributed by atoms with Gasteiger partial charge >= 0.3 is 6.09 Å². The third-order valence-electron chi connectivity index (χ3n) is 2.96. The molecule has 0 aliphatic heterocycles. The summed E-state index contributed by atoms with van der Waals surface area (Å²) in [6.07, 6.45) is 2.55. The van der Waals surface area contributed by atoms with Crippen molar-refractivity contribution in [3.8, 4) is 0 Å². The predicted octanol–water partition coefficient (Wildman–Crippen LogP) is 2.03. The second-order valence-electron chi connectivity index (χ2n) is 5.80. The highest BCUT2D eigenvalue weighted by Gasteiger charge is 2.27. The highest BCUT2D eigenvalue weighted by molar-refractivity contribution is 5.68. The monoisotopic (exact) mass is 228 g/mol. The minimum atomic E-state index is -0.430. The highest BCUT2D eigenvalue weighted by atomic mass is 16.6. The first-order valence-electron chi connectivity index (χ1n) is 6.03. The molecular formula is C12H24N2O2. The molecule has 1 aliphatic carbocycles. The summed E-state index contributed by atoms with van der Waals surface area (Å²) in [5.74, 6) is 0.466. The number of nitrogens with one attached hydrogen (secondary N) is 1. The Morgan fingerprint density at radius 3 is 2.50 bits per heavy atom. The van der Waals surface area contributed by atoms with Crippen molar-refractivity contribution in [2.24, 2.45) is 11.7 Å². The Hall–Kier alpha value is -0.770. The number of rotatable bonds is 1. The predicted molar refractivity (Wildman–Crippen MR) is 64.1 cm³/mol. The molecule has 0 saturated heterocycles. The van der Waals surface area contributed by atoms with Crippen LogP contribution >= 0.6 is 0 Å². The summed E-state index contributed by atoms with van der Waals surface area (Å²) in [5, 5.41) is 2.91. The molecule has 0 spiro atoms. The van der Waals surface area contributed by atoms with Crippen LogP contribution in [-0.2, 0) is 4.74 Å². The molecule has 4 heteroatoms. The molecule has 94 valence electrons. The van der Waals surface area contributed by atoms with Gasteiger partial charge in [-0.05, 0) is 46.0 Å². The lowest BCUT2D eigenvalue weighted by molar-refractivity contribution is 0.0483. The number of carbonyl (C=O) groups excluding carboxylic acids is 1. The highest BCUT2D eigenvalue weighted by Crippen LogP contribution is 2.23. The molecule has 0 radical (unpaired) electrons. The van der Waals surface area contributed by atoms with E-state index in [0.717, 1.165) is 19.3 Å². The molecule has 0 aromatic carbocycles. The van der Waals surface area contributed by atoms with Crippen molar-refractivity contribution in [2.75, 3.05) is 0 Å². The van der Waals surface area contributed by atoms with Gasteiger partial charge in [0.05, 0.1) is 0 Å². The third kappa shape index (κ3) is 4.39. The number of amides is 1. The Morgan fingerprint density at radius 2 is 2.00 bits per heavy atom. The van der Waals surface area contributed by atoms with Gasteiger partial charge < -0.3 is 15.8 Å². The molecule has 4 nitrogen and oxygen atoms in total. The van der Waals surface area contributed by atoms with Crippen LogP contribution in [0.2, 0.25) is 0 Å². The maximum absolute atomic E-state index is 11.6. The van der Waals surface area contributed by atoms with Crippen LogP contribution in [0.15, 0.2) is 0 Å². The lowest BCUT2D eigenvalue weighted by Gasteiger charge is -2.32. The lowest BCUT2D eigenvalue weighted by atomic mass is 9.83. The Labute approximate surface area is 97.9 Å². The molecule has 16 heavy (non-hydrogen) atoms. The molecule has 0 aromatic rings. The normalized spacial score (nSPS) is 30.9. The zero-order valence-electron chi connectivity index (χ0n) is 10.7. The number of hydrogen-bond donors (Lipinski definition) is 2. The molecule has 0 aromatic heterocycles. The number of alkyl carbamates (subject to hydrolysis) is 1. The first-order chi connectivity index (χ1) is 7.28. The van der Waals surface area contributed by atoms with Gasteiger partial charge in [-0.25, -0.2) is 4.79 Å². The molecule has 0 bridgehead atoms. The summed E-state index contributed by atoms with van der Waals surface area (Å²) in [5.41, 5.74) is 5.50. The Kier molecular flexibility index (Phi) is 4.19. The summed E-state index contributed by atoms with van der Waals surface area (Å²) in [7, 11) is 0. The standard InChI is InChI=1S/C12H24N2O2/c1-8-7-9(5-6-10(8)13)14-11(15)16-12(2,3)4/h8-10H,5-7,13H2,1-4H3,(H,14,15)/t8-,9-,10-/m1/s1. The van der Waals surface area contributed by atoms with Crippen LogP contribution in [0.1, 0.15) is 47.0 Å². The van der Waals surface area contributed by atoms with Gasteiger partial charge in [-0.15, -0.1) is 0 Å². The van der Waals surface area contributed by atoms with Gasteiger partial charge in [0, 0.05) is 12.1 Å². The van der Waals surface area contributed by atoms with Crippen LogP contribution < -0.4 is 11.1 Å². The van der Waals surface area contributed by atoms with Crippen LogP contribution in [-0.4, -0.2) is 23.8 Å². The SMILES string of the molecule is C[C@@H]1C[C@H](NC(=O)OC(C)(C)C)CC[C@H]1N. The minimum absolute atomic E-state index is 0.213. The number of hydrogen-bond acceptors (Lipinski definition) is 3. The molecule has 3 atom stereocenters. The van der Waals surface area contributed by atoms with E-state index in [-0.39, 0.29) is 18.2 Å². The average Bonchev–Trinajstić information content (AvgIpc) is 2.08. The van der Waals surface area contributed by atoms with E-state index >= 15 is 0 Å². The van der Waals surface area contributed by atoms with Crippen molar-refractivity contribution in [3.63, 3.8) is 0 Å². The largest absolute Gasteiger partial charge is 0.444 e. The topological polar surface area (TPSA) is 64.3 Å². The van der Waals surface area contributed by atoms with E-state index in [4.69, 9.17) is 10.5 Å². The first kappa shape index (κ1) is 13.3. The first-order valence-corrected chi connectivity index (χ1v) is 6.03. The van der Waals surface area contributed by atoms with Gasteiger partial charge in [0.1, 0.15) is 5.60 Å². The maximum atomic E-state index is 11.6. The van der Waals surface area contributed by atoms with Crippen LogP contribution in [0.25, 0.3) is 0 Å². The molecule has 1 aliphatic rings. The van der Waals surface area contributed by atoms with E-state index in [0.29, 0.717) is 5.92 Å². The van der Waals surface area contributed by atoms with Gasteiger partial charge in [-0.2, -0.15) is 0 Å². The molecule has 0 unspecified atom stereocenters. The van der Waals surface area contributed by atoms with E-state index in [2.05, 4.69) is 12.2 Å². The van der Waals surface area contributed by atoms with E-state index in [1.807, 2.05) is 20.8 Å². The van der Waals surface area contributed by atoms with Crippen LogP contribution in [0.5, 0.6) is 0 Å². The number of nitrogens with two attached hydrogens (primary N) is 1.